The zero-order valence-electron chi connectivity index (χ0n) is 26.8. The van der Waals surface area contributed by atoms with E-state index in [9.17, 15) is 0 Å². The van der Waals surface area contributed by atoms with Gasteiger partial charge in [0, 0.05) is 33.0 Å². The minimum Gasteiger partial charge on any atom is -0.452 e. The van der Waals surface area contributed by atoms with Crippen molar-refractivity contribution in [2.75, 3.05) is 0 Å². The maximum Gasteiger partial charge on any atom is 0.180 e. The third kappa shape index (κ3) is 3.93. The van der Waals surface area contributed by atoms with E-state index < -0.39 is 0 Å². The average molecular weight is 638 g/mol. The lowest BCUT2D eigenvalue weighted by Crippen LogP contribution is -1.96. The van der Waals surface area contributed by atoms with Gasteiger partial charge in [-0.2, -0.15) is 0 Å². The Morgan fingerprint density at radius 2 is 1.04 bits per heavy atom. The van der Waals surface area contributed by atoms with Crippen molar-refractivity contribution >= 4 is 76.2 Å². The Kier molecular flexibility index (Phi) is 5.63. The van der Waals surface area contributed by atoms with E-state index in [2.05, 4.69) is 168 Å². The van der Waals surface area contributed by atoms with E-state index in [1.54, 1.807) is 0 Å². The SMILES string of the molecule is c1ccc2cc3c(cc2c1)c1ccccc1n3-c1ccc2oc3c(-c4cccc5ccccc45)nc(-c4cccc5ccccc45)nc3c2c1. The van der Waals surface area contributed by atoms with Crippen LogP contribution in [0.25, 0.3) is 105 Å². The van der Waals surface area contributed by atoms with E-state index >= 15 is 0 Å². The fraction of sp³-hybridized carbons (Fsp3) is 0. The molecule has 50 heavy (non-hydrogen) atoms. The summed E-state index contributed by atoms with van der Waals surface area (Å²) in [5.41, 5.74) is 8.44. The Morgan fingerprint density at radius 1 is 0.420 bits per heavy atom. The van der Waals surface area contributed by atoms with E-state index in [-0.39, 0.29) is 0 Å². The van der Waals surface area contributed by atoms with Crippen molar-refractivity contribution in [1.29, 1.82) is 0 Å². The standard InChI is InChI=1S/C46H27N3O/c1-2-14-31-26-41-38(25-30(31)13-1)35-19-7-8-22-40(35)49(41)32-23-24-42-39(27-32)44-45(50-42)43(36-20-9-15-28-11-3-5-17-33(28)36)47-46(48-44)37-21-10-16-29-12-4-6-18-34(29)37/h1-27H. The van der Waals surface area contributed by atoms with Gasteiger partial charge in [0.1, 0.15) is 16.8 Å². The van der Waals surface area contributed by atoms with E-state index in [1.165, 1.54) is 27.1 Å². The highest BCUT2D eigenvalue weighted by Crippen LogP contribution is 2.41. The summed E-state index contributed by atoms with van der Waals surface area (Å²) >= 11 is 0. The third-order valence-corrected chi connectivity index (χ3v) is 10.2. The summed E-state index contributed by atoms with van der Waals surface area (Å²) < 4.78 is 9.10. The molecule has 8 aromatic carbocycles. The van der Waals surface area contributed by atoms with Gasteiger partial charge in [0.05, 0.1) is 11.0 Å². The van der Waals surface area contributed by atoms with Crippen LogP contribution in [0.5, 0.6) is 0 Å². The summed E-state index contributed by atoms with van der Waals surface area (Å²) in [4.78, 5) is 10.6. The Balaban J connectivity index is 1.24. The van der Waals surface area contributed by atoms with Crippen molar-refractivity contribution in [1.82, 2.24) is 14.5 Å². The number of benzene rings is 8. The zero-order valence-corrected chi connectivity index (χ0v) is 26.8. The van der Waals surface area contributed by atoms with Crippen molar-refractivity contribution < 1.29 is 4.42 Å². The topological polar surface area (TPSA) is 43.9 Å². The van der Waals surface area contributed by atoms with Crippen LogP contribution >= 0.6 is 0 Å². The molecule has 0 aliphatic heterocycles. The number of rotatable bonds is 3. The lowest BCUT2D eigenvalue weighted by molar-refractivity contribution is 0.667. The molecule has 3 aromatic heterocycles. The first-order chi connectivity index (χ1) is 24.8. The summed E-state index contributed by atoms with van der Waals surface area (Å²) in [6.45, 7) is 0. The second-order valence-corrected chi connectivity index (χ2v) is 13.0. The molecule has 0 saturated carbocycles. The predicted octanol–water partition coefficient (Wildman–Crippen LogP) is 12.3. The van der Waals surface area contributed by atoms with Crippen LogP contribution in [0.3, 0.4) is 0 Å². The second-order valence-electron chi connectivity index (χ2n) is 13.0. The third-order valence-electron chi connectivity index (χ3n) is 10.2. The highest BCUT2D eigenvalue weighted by Gasteiger charge is 2.22. The largest absolute Gasteiger partial charge is 0.452 e. The maximum atomic E-state index is 6.74. The minimum atomic E-state index is 0.675. The summed E-state index contributed by atoms with van der Waals surface area (Å²) in [5.74, 6) is 0.675. The van der Waals surface area contributed by atoms with Crippen molar-refractivity contribution in [2.24, 2.45) is 0 Å². The molecular formula is C46H27N3O. The van der Waals surface area contributed by atoms with Crippen LogP contribution in [0.15, 0.2) is 168 Å². The first-order valence-corrected chi connectivity index (χ1v) is 16.9. The van der Waals surface area contributed by atoms with Crippen LogP contribution in [-0.2, 0) is 0 Å². The molecule has 0 bridgehead atoms. The van der Waals surface area contributed by atoms with Gasteiger partial charge in [-0.15, -0.1) is 0 Å². The molecule has 4 heteroatoms. The van der Waals surface area contributed by atoms with Gasteiger partial charge in [0.2, 0.25) is 0 Å². The second kappa shape index (κ2) is 10.4. The van der Waals surface area contributed by atoms with Gasteiger partial charge in [0.25, 0.3) is 0 Å². The molecule has 0 spiro atoms. The predicted molar refractivity (Wildman–Crippen MR) is 207 cm³/mol. The van der Waals surface area contributed by atoms with E-state index in [1.807, 2.05) is 0 Å². The number of fused-ring (bicyclic) bond motifs is 9. The lowest BCUT2D eigenvalue weighted by Gasteiger charge is -2.11. The van der Waals surface area contributed by atoms with Gasteiger partial charge in [-0.05, 0) is 68.7 Å². The van der Waals surface area contributed by atoms with Crippen LogP contribution in [0.2, 0.25) is 0 Å². The molecular weight excluding hydrogens is 611 g/mol. The molecule has 3 heterocycles. The molecule has 0 fully saturated rings. The monoisotopic (exact) mass is 637 g/mol. The number of hydrogen-bond acceptors (Lipinski definition) is 3. The van der Waals surface area contributed by atoms with Crippen molar-refractivity contribution in [3.8, 4) is 28.3 Å². The summed E-state index contributed by atoms with van der Waals surface area (Å²) in [5, 5.41) is 10.4. The molecule has 0 amide bonds. The van der Waals surface area contributed by atoms with Gasteiger partial charge < -0.3 is 8.98 Å². The van der Waals surface area contributed by atoms with Gasteiger partial charge >= 0.3 is 0 Å². The van der Waals surface area contributed by atoms with Crippen LogP contribution in [-0.4, -0.2) is 14.5 Å². The molecule has 232 valence electrons. The normalized spacial score (nSPS) is 12.0. The summed E-state index contributed by atoms with van der Waals surface area (Å²) in [6, 6.07) is 57.9. The number of aromatic nitrogens is 3. The average Bonchev–Trinajstić information content (AvgIpc) is 3.71. The van der Waals surface area contributed by atoms with Crippen molar-refractivity contribution in [3.63, 3.8) is 0 Å². The Labute approximate surface area is 286 Å². The van der Waals surface area contributed by atoms with Crippen LogP contribution in [0, 0.1) is 0 Å². The molecule has 0 unspecified atom stereocenters. The van der Waals surface area contributed by atoms with Gasteiger partial charge in [-0.25, -0.2) is 9.97 Å². The summed E-state index contributed by atoms with van der Waals surface area (Å²) in [7, 11) is 0. The van der Waals surface area contributed by atoms with E-state index in [4.69, 9.17) is 14.4 Å². The molecule has 0 atom stereocenters. The lowest BCUT2D eigenvalue weighted by atomic mass is 10.0. The molecule has 0 N–H and O–H groups in total. The highest BCUT2D eigenvalue weighted by molar-refractivity contribution is 6.15. The quantitative estimate of drug-likeness (QED) is 0.194. The van der Waals surface area contributed by atoms with Gasteiger partial charge in [-0.1, -0.05) is 127 Å². The van der Waals surface area contributed by atoms with E-state index in [0.29, 0.717) is 11.4 Å². The molecule has 0 aliphatic carbocycles. The van der Waals surface area contributed by atoms with Crippen LogP contribution in [0.1, 0.15) is 0 Å². The van der Waals surface area contributed by atoms with Crippen molar-refractivity contribution in [2.45, 2.75) is 0 Å². The van der Waals surface area contributed by atoms with Crippen molar-refractivity contribution in [3.05, 3.63) is 164 Å². The van der Waals surface area contributed by atoms with Crippen LogP contribution in [0.4, 0.5) is 0 Å². The van der Waals surface area contributed by atoms with Gasteiger partial charge in [-0.3, -0.25) is 0 Å². The molecule has 11 rings (SSSR count). The summed E-state index contributed by atoms with van der Waals surface area (Å²) in [6.07, 6.45) is 0. The Bertz CT molecular complexity index is 3160. The molecule has 0 saturated heterocycles. The zero-order chi connectivity index (χ0) is 32.8. The number of para-hydroxylation sites is 1. The molecule has 0 radical (unpaired) electrons. The molecule has 0 aliphatic rings. The smallest absolute Gasteiger partial charge is 0.180 e. The molecule has 4 nitrogen and oxygen atoms in total. The number of hydrogen-bond donors (Lipinski definition) is 0. The Hall–Kier alpha value is -6.78. The van der Waals surface area contributed by atoms with E-state index in [0.717, 1.165) is 66.1 Å². The fourth-order valence-electron chi connectivity index (χ4n) is 7.86. The number of nitrogens with zero attached hydrogens (tertiary/aromatic N) is 3. The minimum absolute atomic E-state index is 0.675. The van der Waals surface area contributed by atoms with Crippen LogP contribution < -0.4 is 0 Å². The maximum absolute atomic E-state index is 6.74. The Morgan fingerprint density at radius 3 is 1.82 bits per heavy atom. The highest BCUT2D eigenvalue weighted by atomic mass is 16.3. The molecule has 11 aromatic rings. The first-order valence-electron chi connectivity index (χ1n) is 16.9. The fourth-order valence-corrected chi connectivity index (χ4v) is 7.86. The number of furan rings is 1. The van der Waals surface area contributed by atoms with Gasteiger partial charge in [0.15, 0.2) is 11.4 Å². The first kappa shape index (κ1) is 27.2.